The second-order valence-corrected chi connectivity index (χ2v) is 17.2. The average molecular weight is 818 g/mol. The van der Waals surface area contributed by atoms with Gasteiger partial charge in [0.25, 0.3) is 0 Å². The highest BCUT2D eigenvalue weighted by atomic mass is 16.7. The summed E-state index contributed by atoms with van der Waals surface area (Å²) in [5, 5.41) is 75.6. The van der Waals surface area contributed by atoms with E-state index in [1.807, 2.05) is 0 Å². The van der Waals surface area contributed by atoms with Gasteiger partial charge in [-0.1, -0.05) is 206 Å². The molecule has 11 nitrogen and oxygen atoms in total. The Morgan fingerprint density at radius 2 is 0.912 bits per heavy atom. The molecule has 1 rings (SSSR count). The van der Waals surface area contributed by atoms with E-state index in [-0.39, 0.29) is 6.42 Å². The number of amides is 1. The Balaban J connectivity index is 2.37. The van der Waals surface area contributed by atoms with Crippen LogP contribution in [0.4, 0.5) is 0 Å². The van der Waals surface area contributed by atoms with Gasteiger partial charge in [-0.3, -0.25) is 4.79 Å². The van der Waals surface area contributed by atoms with Gasteiger partial charge in [-0.2, -0.15) is 0 Å². The maximum Gasteiger partial charge on any atom is 0.249 e. The fraction of sp³-hybridized carbons (Fsp3) is 0.978. The van der Waals surface area contributed by atoms with Crippen molar-refractivity contribution in [1.29, 1.82) is 0 Å². The third-order valence-corrected chi connectivity index (χ3v) is 11.9. The van der Waals surface area contributed by atoms with Gasteiger partial charge in [0.05, 0.1) is 25.4 Å². The smallest absolute Gasteiger partial charge is 0.249 e. The van der Waals surface area contributed by atoms with Crippen molar-refractivity contribution < 1.29 is 50.0 Å². The van der Waals surface area contributed by atoms with Gasteiger partial charge in [0, 0.05) is 0 Å². The number of unbranched alkanes of at least 4 members (excludes halogenated alkanes) is 28. The molecule has 57 heavy (non-hydrogen) atoms. The molecule has 1 aliphatic rings. The molecule has 1 heterocycles. The molecule has 0 radical (unpaired) electrons. The molecule has 0 aromatic carbocycles. The monoisotopic (exact) mass is 818 g/mol. The van der Waals surface area contributed by atoms with Crippen LogP contribution >= 0.6 is 0 Å². The van der Waals surface area contributed by atoms with E-state index in [4.69, 9.17) is 9.47 Å². The molecule has 340 valence electrons. The third-order valence-electron chi connectivity index (χ3n) is 11.9. The number of hydrogen-bond acceptors (Lipinski definition) is 10. The normalized spacial score (nSPS) is 22.0. The van der Waals surface area contributed by atoms with Crippen molar-refractivity contribution in [3.05, 3.63) is 0 Å². The fourth-order valence-electron chi connectivity index (χ4n) is 7.91. The summed E-state index contributed by atoms with van der Waals surface area (Å²) in [4.78, 5) is 13.1. The van der Waals surface area contributed by atoms with Crippen LogP contribution in [-0.2, 0) is 14.3 Å². The number of carbonyl (C=O) groups excluding carboxylic acids is 1. The van der Waals surface area contributed by atoms with Crippen molar-refractivity contribution in [1.82, 2.24) is 5.32 Å². The van der Waals surface area contributed by atoms with E-state index in [1.165, 1.54) is 141 Å². The van der Waals surface area contributed by atoms with Crippen LogP contribution < -0.4 is 5.32 Å². The summed E-state index contributed by atoms with van der Waals surface area (Å²) >= 11 is 0. The Morgan fingerprint density at radius 1 is 0.544 bits per heavy atom. The highest BCUT2D eigenvalue weighted by Crippen LogP contribution is 2.23. The van der Waals surface area contributed by atoms with Crippen LogP contribution in [0.15, 0.2) is 0 Å². The van der Waals surface area contributed by atoms with E-state index in [9.17, 15) is 40.5 Å². The van der Waals surface area contributed by atoms with E-state index in [1.54, 1.807) is 0 Å². The quantitative estimate of drug-likeness (QED) is 0.0283. The van der Waals surface area contributed by atoms with Crippen LogP contribution in [-0.4, -0.2) is 110 Å². The molecular weight excluding hydrogens is 727 g/mol. The Labute approximate surface area is 348 Å². The standard InChI is InChI=1S/C46H91NO10/c1-3-5-7-9-11-13-15-16-17-18-19-20-21-22-23-24-26-28-30-32-34-39(50)45(55)47-37(36-56-46-44(54)43(53)42(52)40(35-48)57-46)41(51)38(49)33-31-29-27-25-14-12-10-8-6-4-2/h37-44,46,48-54H,3-36H2,1-2H3,(H,47,55)/t37-,38+,39+,40+,41-,42+,43-,44+,46+/m0/s1. The molecule has 0 saturated carbocycles. The lowest BCUT2D eigenvalue weighted by molar-refractivity contribution is -0.303. The number of hydrogen-bond donors (Lipinski definition) is 8. The number of aliphatic hydroxyl groups is 7. The second kappa shape index (κ2) is 36.9. The number of ether oxygens (including phenoxy) is 2. The van der Waals surface area contributed by atoms with E-state index in [0.717, 1.165) is 38.5 Å². The van der Waals surface area contributed by atoms with E-state index in [0.29, 0.717) is 19.3 Å². The first-order chi connectivity index (χ1) is 27.7. The van der Waals surface area contributed by atoms with Crippen molar-refractivity contribution in [3.63, 3.8) is 0 Å². The fourth-order valence-corrected chi connectivity index (χ4v) is 7.91. The summed E-state index contributed by atoms with van der Waals surface area (Å²) in [6.07, 6.45) is 25.9. The van der Waals surface area contributed by atoms with E-state index >= 15 is 0 Å². The third kappa shape index (κ3) is 26.8. The molecule has 1 fully saturated rings. The average Bonchev–Trinajstić information content (AvgIpc) is 3.21. The van der Waals surface area contributed by atoms with Crippen molar-refractivity contribution in [3.8, 4) is 0 Å². The predicted molar refractivity (Wildman–Crippen MR) is 229 cm³/mol. The lowest BCUT2D eigenvalue weighted by atomic mass is 9.98. The summed E-state index contributed by atoms with van der Waals surface area (Å²) < 4.78 is 11.1. The van der Waals surface area contributed by atoms with Gasteiger partial charge >= 0.3 is 0 Å². The lowest BCUT2D eigenvalue weighted by Crippen LogP contribution is -2.60. The number of carbonyl (C=O) groups is 1. The largest absolute Gasteiger partial charge is 0.394 e. The Kier molecular flexibility index (Phi) is 35.1. The van der Waals surface area contributed by atoms with Crippen molar-refractivity contribution >= 4 is 5.91 Å². The summed E-state index contributed by atoms with van der Waals surface area (Å²) in [5.74, 6) is -0.694. The minimum atomic E-state index is -1.65. The Bertz CT molecular complexity index is 897. The predicted octanol–water partition coefficient (Wildman–Crippen LogP) is 7.89. The highest BCUT2D eigenvalue weighted by molar-refractivity contribution is 5.80. The van der Waals surface area contributed by atoms with Gasteiger partial charge in [0.1, 0.15) is 36.6 Å². The molecule has 1 saturated heterocycles. The summed E-state index contributed by atoms with van der Waals surface area (Å²) in [7, 11) is 0. The van der Waals surface area contributed by atoms with Crippen LogP contribution in [0.25, 0.3) is 0 Å². The van der Waals surface area contributed by atoms with Crippen LogP contribution in [0.3, 0.4) is 0 Å². The molecule has 0 spiro atoms. The molecule has 0 bridgehead atoms. The number of nitrogens with one attached hydrogen (secondary N) is 1. The molecule has 0 aromatic rings. The first-order valence-electron chi connectivity index (χ1n) is 23.9. The highest BCUT2D eigenvalue weighted by Gasteiger charge is 2.44. The molecule has 0 unspecified atom stereocenters. The maximum absolute atomic E-state index is 13.1. The summed E-state index contributed by atoms with van der Waals surface area (Å²) in [6, 6.07) is -1.16. The van der Waals surface area contributed by atoms with Gasteiger partial charge in [-0.05, 0) is 12.8 Å². The van der Waals surface area contributed by atoms with Gasteiger partial charge in [-0.15, -0.1) is 0 Å². The number of rotatable bonds is 40. The number of aliphatic hydroxyl groups excluding tert-OH is 7. The molecule has 9 atom stereocenters. The van der Waals surface area contributed by atoms with Gasteiger partial charge in [-0.25, -0.2) is 0 Å². The molecule has 11 heteroatoms. The molecule has 0 aromatic heterocycles. The zero-order valence-corrected chi connectivity index (χ0v) is 36.6. The van der Waals surface area contributed by atoms with E-state index < -0.39 is 74.2 Å². The molecule has 1 amide bonds. The molecular formula is C46H91NO10. The molecule has 1 aliphatic heterocycles. The van der Waals surface area contributed by atoms with Gasteiger partial charge in [0.15, 0.2) is 6.29 Å². The minimum absolute atomic E-state index is 0.266. The Hall–Kier alpha value is -0.890. The van der Waals surface area contributed by atoms with Gasteiger partial charge < -0.3 is 50.5 Å². The molecule has 0 aliphatic carbocycles. The first kappa shape index (κ1) is 54.1. The minimum Gasteiger partial charge on any atom is -0.394 e. The zero-order valence-electron chi connectivity index (χ0n) is 36.6. The van der Waals surface area contributed by atoms with Crippen molar-refractivity contribution in [2.75, 3.05) is 13.2 Å². The lowest BCUT2D eigenvalue weighted by Gasteiger charge is -2.40. The Morgan fingerprint density at radius 3 is 1.30 bits per heavy atom. The first-order valence-corrected chi connectivity index (χ1v) is 23.9. The summed E-state index contributed by atoms with van der Waals surface area (Å²) in [5.41, 5.74) is 0. The maximum atomic E-state index is 13.1. The van der Waals surface area contributed by atoms with Crippen molar-refractivity contribution in [2.24, 2.45) is 0 Å². The van der Waals surface area contributed by atoms with E-state index in [2.05, 4.69) is 19.2 Å². The zero-order chi connectivity index (χ0) is 41.9. The van der Waals surface area contributed by atoms with Crippen LogP contribution in [0.2, 0.25) is 0 Å². The van der Waals surface area contributed by atoms with Crippen LogP contribution in [0.5, 0.6) is 0 Å². The van der Waals surface area contributed by atoms with Gasteiger partial charge in [0.2, 0.25) is 5.91 Å². The topological polar surface area (TPSA) is 189 Å². The van der Waals surface area contributed by atoms with Crippen LogP contribution in [0.1, 0.15) is 219 Å². The molecule has 8 N–H and O–H groups in total. The summed E-state index contributed by atoms with van der Waals surface area (Å²) in [6.45, 7) is 3.43. The second-order valence-electron chi connectivity index (χ2n) is 17.2. The SMILES string of the molecule is CCCCCCCCCCCCCCCCCCCCCC[C@@H](O)C(=O)N[C@@H](CO[C@@H]1O[C@H](CO)[C@@H](O)[C@H](O)[C@H]1O)[C@H](O)[C@H](O)CCCCCCCCCCCC. The van der Waals surface area contributed by atoms with Crippen molar-refractivity contribution in [2.45, 2.75) is 274 Å². The van der Waals surface area contributed by atoms with Crippen LogP contribution in [0, 0.1) is 0 Å².